The monoisotopic (exact) mass is 610 g/mol. The highest BCUT2D eigenvalue weighted by molar-refractivity contribution is 7.45. The highest BCUT2D eigenvalue weighted by atomic mass is 31.2. The Morgan fingerprint density at radius 1 is 1.10 bits per heavy atom. The second-order valence-electron chi connectivity index (χ2n) is 11.8. The maximum atomic E-state index is 12.8. The zero-order chi connectivity index (χ0) is 29.3. The molecule has 2 aromatic heterocycles. The molecule has 1 aromatic carbocycles. The molecule has 0 spiro atoms. The van der Waals surface area contributed by atoms with Crippen LogP contribution < -0.4 is 5.32 Å². The summed E-state index contributed by atoms with van der Waals surface area (Å²) in [6, 6.07) is 14.8. The summed E-state index contributed by atoms with van der Waals surface area (Å²) < 4.78 is 24.6. The van der Waals surface area contributed by atoms with Crippen LogP contribution in [0.15, 0.2) is 43.0 Å². The summed E-state index contributed by atoms with van der Waals surface area (Å²) in [7, 11) is -2.42. The van der Waals surface area contributed by atoms with Gasteiger partial charge in [0.25, 0.3) is 14.4 Å². The number of carbonyl (C=O) groups excluding carboxylic acids is 1. The quantitative estimate of drug-likeness (QED) is 0.188. The van der Waals surface area contributed by atoms with E-state index in [1.54, 1.807) is 18.5 Å². The van der Waals surface area contributed by atoms with Gasteiger partial charge in [0, 0.05) is 24.6 Å². The normalized spacial score (nSPS) is 28.0. The SMILES string of the molecule is CC[C@H]1O[C@@H](n2cnc3c(NC(=O)c4ccccc4)ncnc32)CC1OP1O[C@H](C[Si](CC)(CC)CC)[C@@H]2CCCN21. The summed E-state index contributed by atoms with van der Waals surface area (Å²) in [4.78, 5) is 26.2. The molecule has 0 saturated carbocycles. The van der Waals surface area contributed by atoms with Crippen molar-refractivity contribution in [1.29, 1.82) is 0 Å². The predicted molar refractivity (Wildman–Crippen MR) is 167 cm³/mol. The number of benzene rings is 1. The van der Waals surface area contributed by atoms with Crippen molar-refractivity contribution in [3.8, 4) is 0 Å². The smallest absolute Gasteiger partial charge is 0.259 e. The van der Waals surface area contributed by atoms with E-state index >= 15 is 0 Å². The standard InChI is InChI=1S/C30H43N6O4PSi/c1-5-23-24(39-41-36-16-12-15-22(36)25(40-41)18-42(6-2,7-3)8-4)17-26(38-23)35-20-33-27-28(31-19-32-29(27)35)34-30(37)21-13-10-9-11-14-21/h9-11,13-14,19-20,22-26H,5-8,12,15-18H2,1-4H3,(H,31,32,34,37)/t22-,23+,24?,25+,26+,41?/m0/s1. The molecule has 6 atom stereocenters. The lowest BCUT2D eigenvalue weighted by molar-refractivity contribution is -0.0152. The molecule has 10 nitrogen and oxygen atoms in total. The maximum absolute atomic E-state index is 12.8. The summed E-state index contributed by atoms with van der Waals surface area (Å²) in [5.41, 5.74) is 1.71. The van der Waals surface area contributed by atoms with E-state index in [-0.39, 0.29) is 24.3 Å². The number of nitrogens with one attached hydrogen (secondary N) is 1. The van der Waals surface area contributed by atoms with Crippen molar-refractivity contribution < 1.29 is 18.6 Å². The van der Waals surface area contributed by atoms with Crippen molar-refractivity contribution >= 4 is 39.5 Å². The second kappa shape index (κ2) is 12.8. The Bertz CT molecular complexity index is 1370. The van der Waals surface area contributed by atoms with Gasteiger partial charge < -0.3 is 19.1 Å². The van der Waals surface area contributed by atoms with E-state index in [4.69, 9.17) is 13.8 Å². The Morgan fingerprint density at radius 2 is 1.88 bits per heavy atom. The average Bonchev–Trinajstić information content (AvgIpc) is 3.82. The molecule has 0 aliphatic carbocycles. The van der Waals surface area contributed by atoms with Crippen LogP contribution in [0.3, 0.4) is 0 Å². The van der Waals surface area contributed by atoms with Gasteiger partial charge in [0.15, 0.2) is 17.0 Å². The molecule has 1 amide bonds. The maximum Gasteiger partial charge on any atom is 0.259 e. The van der Waals surface area contributed by atoms with Crippen LogP contribution in [0.5, 0.6) is 0 Å². The van der Waals surface area contributed by atoms with Gasteiger partial charge in [-0.05, 0) is 37.4 Å². The number of carbonyl (C=O) groups is 1. The zero-order valence-electron chi connectivity index (χ0n) is 25.1. The number of imidazole rings is 1. The summed E-state index contributed by atoms with van der Waals surface area (Å²) in [5, 5.41) is 2.89. The van der Waals surface area contributed by atoms with Gasteiger partial charge in [-0.3, -0.25) is 9.36 Å². The molecule has 3 saturated heterocycles. The first-order chi connectivity index (χ1) is 20.5. The number of aromatic nitrogens is 4. The minimum Gasteiger partial charge on any atom is -0.352 e. The molecule has 1 N–H and O–H groups in total. The van der Waals surface area contributed by atoms with Crippen molar-refractivity contribution in [2.24, 2.45) is 0 Å². The summed E-state index contributed by atoms with van der Waals surface area (Å²) in [6.07, 6.45) is 7.03. The van der Waals surface area contributed by atoms with E-state index < -0.39 is 16.6 Å². The molecule has 42 heavy (non-hydrogen) atoms. The minimum absolute atomic E-state index is 0.0480. The molecule has 0 radical (unpaired) electrons. The number of rotatable bonds is 11. The predicted octanol–water partition coefficient (Wildman–Crippen LogP) is 6.76. The Kier molecular flexibility index (Phi) is 9.05. The third-order valence-corrected chi connectivity index (χ3v) is 17.4. The molecule has 12 heteroatoms. The minimum atomic E-state index is -1.31. The number of anilines is 1. The molecule has 3 fully saturated rings. The molecule has 5 heterocycles. The topological polar surface area (TPSA) is 104 Å². The molecule has 2 unspecified atom stereocenters. The van der Waals surface area contributed by atoms with Gasteiger partial charge in [0.1, 0.15) is 12.6 Å². The largest absolute Gasteiger partial charge is 0.352 e. The van der Waals surface area contributed by atoms with Crippen LogP contribution in [0.2, 0.25) is 24.2 Å². The Hall–Kier alpha value is -2.27. The molecule has 226 valence electrons. The van der Waals surface area contributed by atoms with Crippen molar-refractivity contribution in [2.75, 3.05) is 11.9 Å². The number of hydrogen-bond donors (Lipinski definition) is 1. The number of nitrogens with zero attached hydrogens (tertiary/aromatic N) is 5. The van der Waals surface area contributed by atoms with Gasteiger partial charge in [-0.1, -0.05) is 64.0 Å². The first-order valence-corrected chi connectivity index (χ1v) is 19.5. The van der Waals surface area contributed by atoms with E-state index in [1.807, 2.05) is 22.8 Å². The lowest BCUT2D eigenvalue weighted by atomic mass is 10.1. The van der Waals surface area contributed by atoms with E-state index in [1.165, 1.54) is 43.3 Å². The van der Waals surface area contributed by atoms with Crippen LogP contribution >= 0.6 is 8.53 Å². The van der Waals surface area contributed by atoms with Crippen LogP contribution in [0.1, 0.15) is 70.0 Å². The average molecular weight is 611 g/mol. The van der Waals surface area contributed by atoms with Crippen molar-refractivity contribution in [3.63, 3.8) is 0 Å². The fourth-order valence-corrected chi connectivity index (χ4v) is 12.6. The molecule has 3 aliphatic heterocycles. The number of ether oxygens (including phenoxy) is 1. The number of hydrogen-bond acceptors (Lipinski definition) is 8. The number of fused-ring (bicyclic) bond motifs is 2. The van der Waals surface area contributed by atoms with Crippen molar-refractivity contribution in [1.82, 2.24) is 24.2 Å². The lowest BCUT2D eigenvalue weighted by Crippen LogP contribution is -2.40. The van der Waals surface area contributed by atoms with E-state index in [0.29, 0.717) is 41.1 Å². The zero-order valence-corrected chi connectivity index (χ0v) is 27.0. The van der Waals surface area contributed by atoms with Crippen LogP contribution in [-0.4, -0.2) is 69.1 Å². The molecule has 3 aromatic rings. The highest BCUT2D eigenvalue weighted by Crippen LogP contribution is 2.59. The van der Waals surface area contributed by atoms with Gasteiger partial charge in [0.2, 0.25) is 0 Å². The van der Waals surface area contributed by atoms with Crippen LogP contribution in [-0.2, 0) is 13.8 Å². The third-order valence-electron chi connectivity index (χ3n) is 9.76. The Balaban J connectivity index is 1.17. The van der Waals surface area contributed by atoms with Crippen molar-refractivity contribution in [3.05, 3.63) is 48.5 Å². The van der Waals surface area contributed by atoms with E-state index in [0.717, 1.165) is 13.0 Å². The van der Waals surface area contributed by atoms with Crippen LogP contribution in [0, 0.1) is 0 Å². The van der Waals surface area contributed by atoms with E-state index in [2.05, 4.69) is 52.6 Å². The fraction of sp³-hybridized carbons (Fsp3) is 0.600. The first-order valence-electron chi connectivity index (χ1n) is 15.6. The fourth-order valence-electron chi connectivity index (χ4n) is 6.86. The van der Waals surface area contributed by atoms with Gasteiger partial charge >= 0.3 is 0 Å². The van der Waals surface area contributed by atoms with Gasteiger partial charge in [0.05, 0.1) is 32.7 Å². The summed E-state index contributed by atoms with van der Waals surface area (Å²) in [5.74, 6) is 0.140. The number of amides is 1. The second-order valence-corrected chi connectivity index (χ2v) is 18.7. The third kappa shape index (κ3) is 5.67. The van der Waals surface area contributed by atoms with Crippen molar-refractivity contribution in [2.45, 2.75) is 108 Å². The van der Waals surface area contributed by atoms with Crippen LogP contribution in [0.4, 0.5) is 5.82 Å². The summed E-state index contributed by atoms with van der Waals surface area (Å²) >= 11 is 0. The molecule has 3 aliphatic rings. The first kappa shape index (κ1) is 29.8. The van der Waals surface area contributed by atoms with Gasteiger partial charge in [-0.15, -0.1) is 0 Å². The Labute approximate surface area is 250 Å². The Morgan fingerprint density at radius 3 is 2.62 bits per heavy atom. The van der Waals surface area contributed by atoms with Gasteiger partial charge in [-0.2, -0.15) is 0 Å². The molecule has 0 bridgehead atoms. The molecule has 6 rings (SSSR count). The van der Waals surface area contributed by atoms with Crippen LogP contribution in [0.25, 0.3) is 11.2 Å². The van der Waals surface area contributed by atoms with E-state index in [9.17, 15) is 4.79 Å². The molecular formula is C30H43N6O4PSi. The summed E-state index contributed by atoms with van der Waals surface area (Å²) in [6.45, 7) is 10.3. The molecular weight excluding hydrogens is 567 g/mol. The lowest BCUT2D eigenvalue weighted by Gasteiger charge is -2.32. The van der Waals surface area contributed by atoms with Gasteiger partial charge in [-0.25, -0.2) is 19.6 Å². The highest BCUT2D eigenvalue weighted by Gasteiger charge is 2.51.